The molecule has 0 spiro atoms. The Kier molecular flexibility index (Phi) is 8.10. The Morgan fingerprint density at radius 2 is 2.23 bits per heavy atom. The maximum atomic E-state index is 11.0. The topological polar surface area (TPSA) is 26.3 Å². The summed E-state index contributed by atoms with van der Waals surface area (Å²) < 4.78 is 4.93. The van der Waals surface area contributed by atoms with Crippen molar-refractivity contribution in [2.45, 2.75) is 37.9 Å². The van der Waals surface area contributed by atoms with Crippen LogP contribution < -0.4 is 0 Å². The van der Waals surface area contributed by atoms with Crippen LogP contribution in [0.15, 0.2) is 12.2 Å². The van der Waals surface area contributed by atoms with Gasteiger partial charge in [0.1, 0.15) is 0 Å². The summed E-state index contributed by atoms with van der Waals surface area (Å²) >= 11 is 3.39. The van der Waals surface area contributed by atoms with Crippen molar-refractivity contribution in [3.8, 4) is 0 Å². The SMILES string of the molecule is CCCCOC(=O)C=CC(Br)CC. The number of carbonyl (C=O) groups is 1. The van der Waals surface area contributed by atoms with Gasteiger partial charge in [0.25, 0.3) is 0 Å². The highest BCUT2D eigenvalue weighted by Crippen LogP contribution is 2.05. The lowest BCUT2D eigenvalue weighted by atomic mass is 10.3. The van der Waals surface area contributed by atoms with E-state index in [2.05, 4.69) is 22.9 Å². The van der Waals surface area contributed by atoms with Crippen LogP contribution in [0, 0.1) is 0 Å². The lowest BCUT2D eigenvalue weighted by molar-refractivity contribution is -0.137. The smallest absolute Gasteiger partial charge is 0.330 e. The Morgan fingerprint density at radius 1 is 1.54 bits per heavy atom. The summed E-state index contributed by atoms with van der Waals surface area (Å²) in [5, 5.41) is 0. The van der Waals surface area contributed by atoms with Gasteiger partial charge >= 0.3 is 5.97 Å². The van der Waals surface area contributed by atoms with Crippen molar-refractivity contribution in [1.82, 2.24) is 0 Å². The van der Waals surface area contributed by atoms with E-state index in [1.807, 2.05) is 13.0 Å². The maximum Gasteiger partial charge on any atom is 0.330 e. The van der Waals surface area contributed by atoms with Crippen molar-refractivity contribution in [2.24, 2.45) is 0 Å². The molecule has 0 saturated carbocycles. The molecule has 0 amide bonds. The molecule has 0 rings (SSSR count). The third kappa shape index (κ3) is 8.03. The average Bonchev–Trinajstić information content (AvgIpc) is 2.14. The number of hydrogen-bond acceptors (Lipinski definition) is 2. The van der Waals surface area contributed by atoms with E-state index < -0.39 is 0 Å². The monoisotopic (exact) mass is 248 g/mol. The molecular weight excluding hydrogens is 232 g/mol. The van der Waals surface area contributed by atoms with E-state index in [4.69, 9.17) is 4.74 Å². The predicted octanol–water partition coefficient (Wildman–Crippen LogP) is 3.06. The predicted molar refractivity (Wildman–Crippen MR) is 58.0 cm³/mol. The molecule has 0 heterocycles. The first kappa shape index (κ1) is 12.7. The van der Waals surface area contributed by atoms with E-state index in [-0.39, 0.29) is 10.8 Å². The molecule has 13 heavy (non-hydrogen) atoms. The van der Waals surface area contributed by atoms with Crippen molar-refractivity contribution < 1.29 is 9.53 Å². The second-order valence-electron chi connectivity index (χ2n) is 2.80. The fourth-order valence-corrected chi connectivity index (χ4v) is 0.837. The van der Waals surface area contributed by atoms with E-state index >= 15 is 0 Å². The number of unbranched alkanes of at least 4 members (excludes halogenated alkanes) is 1. The van der Waals surface area contributed by atoms with Gasteiger partial charge in [0.05, 0.1) is 6.61 Å². The van der Waals surface area contributed by atoms with Gasteiger partial charge in [-0.05, 0) is 12.8 Å². The molecule has 0 aromatic heterocycles. The van der Waals surface area contributed by atoms with Crippen LogP contribution in [0.4, 0.5) is 0 Å². The Bertz CT molecular complexity index is 166. The number of halogens is 1. The molecule has 0 aliphatic heterocycles. The largest absolute Gasteiger partial charge is 0.463 e. The van der Waals surface area contributed by atoms with E-state index in [0.717, 1.165) is 19.3 Å². The average molecular weight is 249 g/mol. The molecule has 1 unspecified atom stereocenters. The van der Waals surface area contributed by atoms with Crippen LogP contribution >= 0.6 is 15.9 Å². The van der Waals surface area contributed by atoms with Crippen LogP contribution in [-0.4, -0.2) is 17.4 Å². The van der Waals surface area contributed by atoms with Crippen LogP contribution in [0.2, 0.25) is 0 Å². The summed E-state index contributed by atoms with van der Waals surface area (Å²) in [4.78, 5) is 11.3. The van der Waals surface area contributed by atoms with Crippen molar-refractivity contribution in [3.63, 3.8) is 0 Å². The first-order chi connectivity index (χ1) is 6.20. The van der Waals surface area contributed by atoms with Gasteiger partial charge in [0.15, 0.2) is 0 Å². The van der Waals surface area contributed by atoms with Crippen LogP contribution in [0.3, 0.4) is 0 Å². The number of ether oxygens (including phenoxy) is 1. The Morgan fingerprint density at radius 3 is 2.77 bits per heavy atom. The fourth-order valence-electron chi connectivity index (χ4n) is 0.684. The minimum absolute atomic E-state index is 0.244. The number of alkyl halides is 1. The van der Waals surface area contributed by atoms with Gasteiger partial charge in [-0.3, -0.25) is 0 Å². The zero-order valence-electron chi connectivity index (χ0n) is 8.25. The van der Waals surface area contributed by atoms with E-state index in [0.29, 0.717) is 6.61 Å². The molecule has 0 N–H and O–H groups in total. The lowest BCUT2D eigenvalue weighted by Gasteiger charge is -2.00. The molecule has 0 fully saturated rings. The van der Waals surface area contributed by atoms with Crippen molar-refractivity contribution in [2.75, 3.05) is 6.61 Å². The summed E-state index contributed by atoms with van der Waals surface area (Å²) in [6.45, 7) is 4.64. The molecule has 0 radical (unpaired) electrons. The highest BCUT2D eigenvalue weighted by Gasteiger charge is 1.98. The van der Waals surface area contributed by atoms with Crippen molar-refractivity contribution >= 4 is 21.9 Å². The standard InChI is InChI=1S/C10H17BrO2/c1-3-5-8-13-10(12)7-6-9(11)4-2/h6-7,9H,3-5,8H2,1-2H3. The number of carbonyl (C=O) groups excluding carboxylic acids is 1. The molecule has 0 bridgehead atoms. The van der Waals surface area contributed by atoms with Crippen molar-refractivity contribution in [3.05, 3.63) is 12.2 Å². The van der Waals surface area contributed by atoms with Crippen molar-refractivity contribution in [1.29, 1.82) is 0 Å². The Hall–Kier alpha value is -0.310. The molecule has 0 aliphatic rings. The zero-order chi connectivity index (χ0) is 10.1. The van der Waals surface area contributed by atoms with Gasteiger partial charge in [-0.2, -0.15) is 0 Å². The zero-order valence-corrected chi connectivity index (χ0v) is 9.84. The van der Waals surface area contributed by atoms with Crippen LogP contribution in [0.1, 0.15) is 33.1 Å². The van der Waals surface area contributed by atoms with Gasteiger partial charge in [0, 0.05) is 10.9 Å². The van der Waals surface area contributed by atoms with Crippen LogP contribution in [0.25, 0.3) is 0 Å². The molecule has 0 aromatic rings. The third-order valence-corrected chi connectivity index (χ3v) is 2.53. The third-order valence-electron chi connectivity index (χ3n) is 1.57. The highest BCUT2D eigenvalue weighted by molar-refractivity contribution is 9.09. The minimum atomic E-state index is -0.244. The summed E-state index contributed by atoms with van der Waals surface area (Å²) in [6, 6.07) is 0. The molecule has 1 atom stereocenters. The molecule has 0 saturated heterocycles. The Balaban J connectivity index is 3.55. The maximum absolute atomic E-state index is 11.0. The molecule has 76 valence electrons. The molecule has 3 heteroatoms. The fraction of sp³-hybridized carbons (Fsp3) is 0.700. The summed E-state index contributed by atoms with van der Waals surface area (Å²) in [5.41, 5.74) is 0. The second kappa shape index (κ2) is 8.30. The van der Waals surface area contributed by atoms with Gasteiger partial charge in [-0.1, -0.05) is 42.3 Å². The number of rotatable bonds is 6. The number of hydrogen-bond donors (Lipinski definition) is 0. The number of esters is 1. The summed E-state index contributed by atoms with van der Waals surface area (Å²) in [7, 11) is 0. The molecule has 0 aliphatic carbocycles. The lowest BCUT2D eigenvalue weighted by Crippen LogP contribution is -2.02. The number of allylic oxidation sites excluding steroid dienone is 1. The highest BCUT2D eigenvalue weighted by atomic mass is 79.9. The van der Waals surface area contributed by atoms with E-state index in [1.165, 1.54) is 6.08 Å². The van der Waals surface area contributed by atoms with Crippen LogP contribution in [-0.2, 0) is 9.53 Å². The van der Waals surface area contributed by atoms with Gasteiger partial charge in [-0.25, -0.2) is 4.79 Å². The summed E-state index contributed by atoms with van der Waals surface area (Å²) in [5.74, 6) is -0.244. The second-order valence-corrected chi connectivity index (χ2v) is 3.98. The molecule has 0 aromatic carbocycles. The Labute approximate surface area is 88.5 Å². The quantitative estimate of drug-likeness (QED) is 0.313. The van der Waals surface area contributed by atoms with Gasteiger partial charge in [0.2, 0.25) is 0 Å². The molecule has 2 nitrogen and oxygen atoms in total. The summed E-state index contributed by atoms with van der Waals surface area (Å²) in [6.07, 6.45) is 6.25. The normalized spacial score (nSPS) is 13.2. The molecular formula is C10H17BrO2. The van der Waals surface area contributed by atoms with Crippen LogP contribution in [0.5, 0.6) is 0 Å². The van der Waals surface area contributed by atoms with E-state index in [9.17, 15) is 4.79 Å². The van der Waals surface area contributed by atoms with Gasteiger partial charge in [-0.15, -0.1) is 0 Å². The first-order valence-corrected chi connectivity index (χ1v) is 5.61. The minimum Gasteiger partial charge on any atom is -0.463 e. The van der Waals surface area contributed by atoms with E-state index in [1.54, 1.807) is 0 Å². The first-order valence-electron chi connectivity index (χ1n) is 4.69. The van der Waals surface area contributed by atoms with Gasteiger partial charge < -0.3 is 4.74 Å².